The van der Waals surface area contributed by atoms with Crippen LogP contribution in [0.1, 0.15) is 44.6 Å². The summed E-state index contributed by atoms with van der Waals surface area (Å²) in [6, 6.07) is 4.97. The predicted molar refractivity (Wildman–Crippen MR) is 81.9 cm³/mol. The van der Waals surface area contributed by atoms with Crippen LogP contribution in [0.3, 0.4) is 0 Å². The molecule has 0 aromatic heterocycles. The van der Waals surface area contributed by atoms with Crippen LogP contribution in [0.25, 0.3) is 0 Å². The summed E-state index contributed by atoms with van der Waals surface area (Å²) < 4.78 is 27.8. The minimum atomic E-state index is -3.49. The fraction of sp³-hybridized carbons (Fsp3) is 0.600. The molecule has 1 atom stereocenters. The minimum absolute atomic E-state index is 0.0267. The topological polar surface area (TPSA) is 72.2 Å². The monoisotopic (exact) mass is 296 g/mol. The van der Waals surface area contributed by atoms with E-state index >= 15 is 0 Å². The number of nitrogens with one attached hydrogen (secondary N) is 1. The zero-order chi connectivity index (χ0) is 14.8. The van der Waals surface area contributed by atoms with Crippen molar-refractivity contribution >= 4 is 15.7 Å². The van der Waals surface area contributed by atoms with Crippen molar-refractivity contribution in [1.82, 2.24) is 4.72 Å². The summed E-state index contributed by atoms with van der Waals surface area (Å²) in [5.41, 5.74) is 6.90. The van der Waals surface area contributed by atoms with E-state index in [0.717, 1.165) is 18.4 Å². The third-order valence-corrected chi connectivity index (χ3v) is 5.90. The molecule has 2 rings (SSSR count). The Morgan fingerprint density at radius 1 is 1.25 bits per heavy atom. The molecule has 0 bridgehead atoms. The Balaban J connectivity index is 2.16. The SMILES string of the molecule is Cc1ccc(N)cc1S(=O)(=O)NC(C)C1CCCCC1. The van der Waals surface area contributed by atoms with Gasteiger partial charge in [-0.1, -0.05) is 25.3 Å². The number of nitrogen functional groups attached to an aromatic ring is 1. The van der Waals surface area contributed by atoms with Gasteiger partial charge in [0.25, 0.3) is 0 Å². The Bertz CT molecular complexity index is 563. The molecule has 1 aromatic carbocycles. The van der Waals surface area contributed by atoms with E-state index in [2.05, 4.69) is 4.72 Å². The molecular weight excluding hydrogens is 272 g/mol. The third-order valence-electron chi connectivity index (χ3n) is 4.20. The van der Waals surface area contributed by atoms with Gasteiger partial charge in [-0.05, 0) is 50.3 Å². The number of hydrogen-bond acceptors (Lipinski definition) is 3. The average molecular weight is 296 g/mol. The lowest BCUT2D eigenvalue weighted by atomic mass is 9.85. The largest absolute Gasteiger partial charge is 0.399 e. The van der Waals surface area contributed by atoms with Crippen LogP contribution in [-0.2, 0) is 10.0 Å². The number of rotatable bonds is 4. The maximum Gasteiger partial charge on any atom is 0.241 e. The molecule has 0 spiro atoms. The summed E-state index contributed by atoms with van der Waals surface area (Å²) in [5.74, 6) is 0.444. The van der Waals surface area contributed by atoms with E-state index in [4.69, 9.17) is 5.73 Å². The summed E-state index contributed by atoms with van der Waals surface area (Å²) >= 11 is 0. The van der Waals surface area contributed by atoms with Gasteiger partial charge in [0.1, 0.15) is 0 Å². The number of sulfonamides is 1. The zero-order valence-electron chi connectivity index (χ0n) is 12.2. The van der Waals surface area contributed by atoms with Crippen LogP contribution in [0, 0.1) is 12.8 Å². The Labute approximate surface area is 121 Å². The molecule has 112 valence electrons. The van der Waals surface area contributed by atoms with Crippen LogP contribution < -0.4 is 10.5 Å². The second kappa shape index (κ2) is 6.14. The van der Waals surface area contributed by atoms with Crippen LogP contribution >= 0.6 is 0 Å². The van der Waals surface area contributed by atoms with Crippen molar-refractivity contribution in [2.24, 2.45) is 5.92 Å². The summed E-state index contributed by atoms with van der Waals surface area (Å²) in [7, 11) is -3.49. The number of benzene rings is 1. The van der Waals surface area contributed by atoms with Crippen molar-refractivity contribution in [2.45, 2.75) is 56.9 Å². The summed E-state index contributed by atoms with van der Waals surface area (Å²) in [6.07, 6.45) is 5.89. The van der Waals surface area contributed by atoms with Gasteiger partial charge < -0.3 is 5.73 Å². The minimum Gasteiger partial charge on any atom is -0.399 e. The molecule has 3 N–H and O–H groups in total. The smallest absolute Gasteiger partial charge is 0.241 e. The highest BCUT2D eigenvalue weighted by atomic mass is 32.2. The first kappa shape index (κ1) is 15.3. The van der Waals surface area contributed by atoms with Crippen molar-refractivity contribution in [1.29, 1.82) is 0 Å². The van der Waals surface area contributed by atoms with Gasteiger partial charge >= 0.3 is 0 Å². The lowest BCUT2D eigenvalue weighted by Gasteiger charge is -2.28. The molecule has 0 saturated heterocycles. The van der Waals surface area contributed by atoms with E-state index in [9.17, 15) is 8.42 Å². The first-order valence-corrected chi connectivity index (χ1v) is 8.77. The standard InChI is InChI=1S/C15H24N2O2S/c1-11-8-9-14(16)10-15(11)20(18,19)17-12(2)13-6-4-3-5-7-13/h8-10,12-13,17H,3-7,16H2,1-2H3. The molecule has 1 aromatic rings. The molecule has 1 aliphatic rings. The van der Waals surface area contributed by atoms with Gasteiger partial charge in [-0.25, -0.2) is 13.1 Å². The molecule has 1 unspecified atom stereocenters. The van der Waals surface area contributed by atoms with Crippen LogP contribution in [-0.4, -0.2) is 14.5 Å². The second-order valence-corrected chi connectivity index (χ2v) is 7.52. The molecular formula is C15H24N2O2S. The molecule has 0 amide bonds. The number of aryl methyl sites for hydroxylation is 1. The highest BCUT2D eigenvalue weighted by molar-refractivity contribution is 7.89. The van der Waals surface area contributed by atoms with E-state index in [1.165, 1.54) is 25.3 Å². The Hall–Kier alpha value is -1.07. The molecule has 0 radical (unpaired) electrons. The van der Waals surface area contributed by atoms with Gasteiger partial charge in [-0.2, -0.15) is 0 Å². The normalized spacial score (nSPS) is 18.9. The van der Waals surface area contributed by atoms with Gasteiger partial charge in [-0.3, -0.25) is 0 Å². The second-order valence-electron chi connectivity index (χ2n) is 5.83. The molecule has 5 heteroatoms. The van der Waals surface area contributed by atoms with E-state index in [1.807, 2.05) is 6.92 Å². The highest BCUT2D eigenvalue weighted by Gasteiger charge is 2.26. The third kappa shape index (κ3) is 3.52. The summed E-state index contributed by atoms with van der Waals surface area (Å²) in [4.78, 5) is 0.292. The number of nitrogens with two attached hydrogens (primary N) is 1. The van der Waals surface area contributed by atoms with Crippen molar-refractivity contribution in [3.8, 4) is 0 Å². The fourth-order valence-corrected chi connectivity index (χ4v) is 4.54. The molecule has 1 aliphatic carbocycles. The van der Waals surface area contributed by atoms with E-state index in [1.54, 1.807) is 19.1 Å². The zero-order valence-corrected chi connectivity index (χ0v) is 13.0. The van der Waals surface area contributed by atoms with Gasteiger partial charge in [0.15, 0.2) is 0 Å². The van der Waals surface area contributed by atoms with E-state index in [-0.39, 0.29) is 6.04 Å². The van der Waals surface area contributed by atoms with Crippen LogP contribution in [0.15, 0.2) is 23.1 Å². The lowest BCUT2D eigenvalue weighted by Crippen LogP contribution is -2.39. The predicted octanol–water partition coefficient (Wildman–Crippen LogP) is 2.82. The Kier molecular flexibility index (Phi) is 4.70. The van der Waals surface area contributed by atoms with Gasteiger partial charge in [0, 0.05) is 11.7 Å². The number of hydrogen-bond donors (Lipinski definition) is 2. The van der Waals surface area contributed by atoms with E-state index < -0.39 is 10.0 Å². The summed E-state index contributed by atoms with van der Waals surface area (Å²) in [5, 5.41) is 0. The van der Waals surface area contributed by atoms with Crippen LogP contribution in [0.5, 0.6) is 0 Å². The average Bonchev–Trinajstić information content (AvgIpc) is 2.42. The van der Waals surface area contributed by atoms with Crippen molar-refractivity contribution < 1.29 is 8.42 Å². The first-order valence-electron chi connectivity index (χ1n) is 7.28. The van der Waals surface area contributed by atoms with Crippen molar-refractivity contribution in [3.05, 3.63) is 23.8 Å². The van der Waals surface area contributed by atoms with Gasteiger partial charge in [0.05, 0.1) is 4.90 Å². The fourth-order valence-electron chi connectivity index (χ4n) is 2.94. The van der Waals surface area contributed by atoms with Gasteiger partial charge in [-0.15, -0.1) is 0 Å². The number of anilines is 1. The van der Waals surface area contributed by atoms with Crippen LogP contribution in [0.2, 0.25) is 0 Å². The molecule has 1 fully saturated rings. The molecule has 1 saturated carbocycles. The first-order chi connectivity index (χ1) is 9.40. The highest BCUT2D eigenvalue weighted by Crippen LogP contribution is 2.27. The Morgan fingerprint density at radius 2 is 1.90 bits per heavy atom. The van der Waals surface area contributed by atoms with Gasteiger partial charge in [0.2, 0.25) is 10.0 Å². The summed E-state index contributed by atoms with van der Waals surface area (Å²) in [6.45, 7) is 3.76. The maximum absolute atomic E-state index is 12.5. The molecule has 4 nitrogen and oxygen atoms in total. The Morgan fingerprint density at radius 3 is 2.55 bits per heavy atom. The van der Waals surface area contributed by atoms with Crippen molar-refractivity contribution in [2.75, 3.05) is 5.73 Å². The van der Waals surface area contributed by atoms with Crippen molar-refractivity contribution in [3.63, 3.8) is 0 Å². The van der Waals surface area contributed by atoms with Crippen LogP contribution in [0.4, 0.5) is 5.69 Å². The maximum atomic E-state index is 12.5. The van der Waals surface area contributed by atoms with E-state index in [0.29, 0.717) is 16.5 Å². The molecule has 0 heterocycles. The molecule has 20 heavy (non-hydrogen) atoms. The molecule has 0 aliphatic heterocycles. The lowest BCUT2D eigenvalue weighted by molar-refractivity contribution is 0.303. The quantitative estimate of drug-likeness (QED) is 0.839.